The lowest BCUT2D eigenvalue weighted by Gasteiger charge is -2.18. The minimum absolute atomic E-state index is 0.397. The van der Waals surface area contributed by atoms with E-state index in [1.54, 1.807) is 0 Å². The van der Waals surface area contributed by atoms with Gasteiger partial charge in [-0.15, -0.1) is 0 Å². The summed E-state index contributed by atoms with van der Waals surface area (Å²) in [4.78, 5) is 11.9. The highest BCUT2D eigenvalue weighted by Crippen LogP contribution is 2.35. The molecule has 2 amide bonds. The third-order valence-electron chi connectivity index (χ3n) is 3.45. The van der Waals surface area contributed by atoms with Crippen LogP contribution in [0.15, 0.2) is 30.3 Å². The lowest BCUT2D eigenvalue weighted by atomic mass is 10.0. The minimum atomic E-state index is -3.46. The molecule has 0 aliphatic rings. The summed E-state index contributed by atoms with van der Waals surface area (Å²) < 4.78 is 93.2. The molecule has 3 nitrogen and oxygen atoms in total. The standard InChI is InChI=1S/C17H13F7N2O/c1-16(21,22)8-3-9(17(2,23)24)5-10(4-8)25-15(27)26-11-6-12(18)14(20)13(19)7-11/h3-7H,1-2H3,(H2,25,26,27). The van der Waals surface area contributed by atoms with Gasteiger partial charge in [0.25, 0.3) is 11.8 Å². The summed E-state index contributed by atoms with van der Waals surface area (Å²) in [6, 6.07) is 1.97. The molecule has 0 saturated heterocycles. The van der Waals surface area contributed by atoms with Crippen LogP contribution in [0.5, 0.6) is 0 Å². The zero-order chi connectivity index (χ0) is 20.6. The second-order valence-corrected chi connectivity index (χ2v) is 5.91. The first-order valence-electron chi connectivity index (χ1n) is 7.41. The van der Waals surface area contributed by atoms with Crippen molar-refractivity contribution < 1.29 is 35.5 Å². The van der Waals surface area contributed by atoms with Gasteiger partial charge in [0, 0.05) is 48.5 Å². The van der Waals surface area contributed by atoms with Gasteiger partial charge in [-0.2, -0.15) is 0 Å². The first-order chi connectivity index (χ1) is 12.3. The molecular weight excluding hydrogens is 381 g/mol. The van der Waals surface area contributed by atoms with Crippen molar-refractivity contribution in [2.24, 2.45) is 0 Å². The van der Waals surface area contributed by atoms with E-state index < -0.39 is 57.8 Å². The summed E-state index contributed by atoms with van der Waals surface area (Å²) in [6.45, 7) is 0.988. The maximum Gasteiger partial charge on any atom is 0.323 e. The molecule has 0 spiro atoms. The Morgan fingerprint density at radius 2 is 1.11 bits per heavy atom. The van der Waals surface area contributed by atoms with Gasteiger partial charge in [0.1, 0.15) is 0 Å². The van der Waals surface area contributed by atoms with Crippen molar-refractivity contribution in [2.45, 2.75) is 25.7 Å². The van der Waals surface area contributed by atoms with Gasteiger partial charge in [0.2, 0.25) is 0 Å². The summed E-state index contributed by atoms with van der Waals surface area (Å²) in [7, 11) is 0. The number of hydrogen-bond donors (Lipinski definition) is 2. The van der Waals surface area contributed by atoms with E-state index in [2.05, 4.69) is 0 Å². The van der Waals surface area contributed by atoms with Gasteiger partial charge in [-0.05, 0) is 18.2 Å². The number of alkyl halides is 4. The molecule has 10 heteroatoms. The topological polar surface area (TPSA) is 41.1 Å². The van der Waals surface area contributed by atoms with Crippen molar-refractivity contribution >= 4 is 17.4 Å². The molecule has 0 aliphatic carbocycles. The summed E-state index contributed by atoms with van der Waals surface area (Å²) >= 11 is 0. The number of halogens is 7. The number of hydrogen-bond acceptors (Lipinski definition) is 1. The van der Waals surface area contributed by atoms with Gasteiger partial charge < -0.3 is 10.6 Å². The van der Waals surface area contributed by atoms with Crippen LogP contribution in [0.4, 0.5) is 46.9 Å². The molecule has 0 unspecified atom stereocenters. The van der Waals surface area contributed by atoms with Crippen LogP contribution < -0.4 is 10.6 Å². The molecule has 0 aliphatic heterocycles. The van der Waals surface area contributed by atoms with Crippen molar-refractivity contribution in [3.63, 3.8) is 0 Å². The lowest BCUT2D eigenvalue weighted by molar-refractivity contribution is 0.0106. The largest absolute Gasteiger partial charge is 0.323 e. The Balaban J connectivity index is 2.29. The first kappa shape index (κ1) is 20.5. The van der Waals surface area contributed by atoms with Gasteiger partial charge in [-0.3, -0.25) is 0 Å². The van der Waals surface area contributed by atoms with Crippen molar-refractivity contribution in [2.75, 3.05) is 10.6 Å². The molecule has 2 aromatic rings. The second kappa shape index (κ2) is 7.09. The molecule has 2 rings (SSSR count). The Morgan fingerprint density at radius 3 is 1.48 bits per heavy atom. The zero-order valence-corrected chi connectivity index (χ0v) is 13.9. The predicted molar refractivity (Wildman–Crippen MR) is 84.5 cm³/mol. The maximum absolute atomic E-state index is 13.5. The Labute approximate surface area is 149 Å². The van der Waals surface area contributed by atoms with Crippen molar-refractivity contribution in [3.05, 3.63) is 58.9 Å². The number of anilines is 2. The Bertz CT molecular complexity index is 817. The van der Waals surface area contributed by atoms with Gasteiger partial charge in [-0.1, -0.05) is 0 Å². The van der Waals surface area contributed by atoms with Gasteiger partial charge in [0.05, 0.1) is 0 Å². The number of urea groups is 1. The number of amides is 2. The number of carbonyl (C=O) groups is 1. The lowest BCUT2D eigenvalue weighted by Crippen LogP contribution is -2.21. The number of carbonyl (C=O) groups excluding carboxylic acids is 1. The highest BCUT2D eigenvalue weighted by Gasteiger charge is 2.31. The molecule has 146 valence electrons. The highest BCUT2D eigenvalue weighted by atomic mass is 19.3. The van der Waals surface area contributed by atoms with Crippen LogP contribution in [0.25, 0.3) is 0 Å². The Kier molecular flexibility index (Phi) is 5.39. The van der Waals surface area contributed by atoms with E-state index in [0.29, 0.717) is 32.0 Å². The smallest absolute Gasteiger partial charge is 0.308 e. The Hall–Kier alpha value is -2.78. The van der Waals surface area contributed by atoms with Crippen molar-refractivity contribution in [3.8, 4) is 0 Å². The fourth-order valence-electron chi connectivity index (χ4n) is 2.13. The molecule has 2 N–H and O–H groups in total. The van der Waals surface area contributed by atoms with E-state index in [0.717, 1.165) is 12.1 Å². The second-order valence-electron chi connectivity index (χ2n) is 5.91. The number of benzene rings is 2. The van der Waals surface area contributed by atoms with E-state index in [-0.39, 0.29) is 0 Å². The molecule has 0 heterocycles. The fourth-order valence-corrected chi connectivity index (χ4v) is 2.13. The minimum Gasteiger partial charge on any atom is -0.308 e. The molecule has 0 atom stereocenters. The fraction of sp³-hybridized carbons (Fsp3) is 0.235. The quantitative estimate of drug-likeness (QED) is 0.487. The number of rotatable bonds is 4. The molecular formula is C17H13F7N2O. The van der Waals surface area contributed by atoms with Crippen molar-refractivity contribution in [1.82, 2.24) is 0 Å². The van der Waals surface area contributed by atoms with Crippen molar-refractivity contribution in [1.29, 1.82) is 0 Å². The third kappa shape index (κ3) is 5.11. The zero-order valence-electron chi connectivity index (χ0n) is 13.9. The van der Waals surface area contributed by atoms with Crippen LogP contribution in [-0.2, 0) is 11.8 Å². The van der Waals surface area contributed by atoms with Gasteiger partial charge in [-0.25, -0.2) is 35.5 Å². The summed E-state index contributed by atoms with van der Waals surface area (Å²) in [6.07, 6.45) is 0. The number of nitrogens with one attached hydrogen (secondary N) is 2. The summed E-state index contributed by atoms with van der Waals surface area (Å²) in [5, 5.41) is 3.96. The third-order valence-corrected chi connectivity index (χ3v) is 3.45. The van der Waals surface area contributed by atoms with Crippen LogP contribution in [0.2, 0.25) is 0 Å². The van der Waals surface area contributed by atoms with E-state index in [1.807, 2.05) is 10.6 Å². The SMILES string of the molecule is CC(F)(F)c1cc(NC(=O)Nc2cc(F)c(F)c(F)c2)cc(C(C)(F)F)c1. The predicted octanol–water partition coefficient (Wildman–Crippen LogP) is 5.97. The molecule has 0 bridgehead atoms. The highest BCUT2D eigenvalue weighted by molar-refractivity contribution is 5.99. The molecule has 2 aromatic carbocycles. The Morgan fingerprint density at radius 1 is 0.741 bits per heavy atom. The molecule has 27 heavy (non-hydrogen) atoms. The van der Waals surface area contributed by atoms with Crippen LogP contribution in [0.1, 0.15) is 25.0 Å². The average molecular weight is 394 g/mol. The van der Waals surface area contributed by atoms with Crippen LogP contribution in [0.3, 0.4) is 0 Å². The van der Waals surface area contributed by atoms with E-state index in [1.165, 1.54) is 0 Å². The van der Waals surface area contributed by atoms with E-state index in [4.69, 9.17) is 0 Å². The average Bonchev–Trinajstić information content (AvgIpc) is 2.50. The maximum atomic E-state index is 13.5. The molecule has 0 fully saturated rings. The van der Waals surface area contributed by atoms with Gasteiger partial charge in [0.15, 0.2) is 17.5 Å². The van der Waals surface area contributed by atoms with Crippen LogP contribution >= 0.6 is 0 Å². The summed E-state index contributed by atoms with van der Waals surface area (Å²) in [5.41, 5.74) is -2.40. The van der Waals surface area contributed by atoms with E-state index in [9.17, 15) is 35.5 Å². The van der Waals surface area contributed by atoms with Crippen LogP contribution in [-0.4, -0.2) is 6.03 Å². The molecule has 0 radical (unpaired) electrons. The molecule has 0 aromatic heterocycles. The monoisotopic (exact) mass is 394 g/mol. The molecule has 0 saturated carbocycles. The first-order valence-corrected chi connectivity index (χ1v) is 7.41. The summed E-state index contributed by atoms with van der Waals surface area (Å²) in [5.74, 6) is -11.8. The van der Waals surface area contributed by atoms with Crippen LogP contribution in [0, 0.1) is 17.5 Å². The van der Waals surface area contributed by atoms with Gasteiger partial charge >= 0.3 is 6.03 Å². The normalized spacial score (nSPS) is 12.0. The van der Waals surface area contributed by atoms with E-state index >= 15 is 0 Å².